The molecule has 1 heterocycles. The van der Waals surface area contributed by atoms with Crippen molar-refractivity contribution in [1.29, 1.82) is 0 Å². The lowest BCUT2D eigenvalue weighted by molar-refractivity contribution is -0.275. The van der Waals surface area contributed by atoms with Crippen molar-refractivity contribution in [3.05, 3.63) is 52.5 Å². The molecule has 50 heavy (non-hydrogen) atoms. The molecular formula is C30H33BrF9N5O5. The Hall–Kier alpha value is -4.07. The molecule has 0 aliphatic heterocycles. The fraction of sp³-hybridized carbons (Fsp3) is 0.467. The maximum absolute atomic E-state index is 12.7. The van der Waals surface area contributed by atoms with E-state index in [0.717, 1.165) is 55.4 Å². The number of para-hydroxylation sites is 1. The number of anilines is 2. The van der Waals surface area contributed by atoms with Gasteiger partial charge in [0.2, 0.25) is 5.95 Å². The highest BCUT2D eigenvalue weighted by molar-refractivity contribution is 9.10. The number of hydrogen-bond donors (Lipinski definition) is 4. The quantitative estimate of drug-likeness (QED) is 0.126. The van der Waals surface area contributed by atoms with Gasteiger partial charge in [-0.15, -0.1) is 13.2 Å². The van der Waals surface area contributed by atoms with Crippen LogP contribution in [0.2, 0.25) is 0 Å². The van der Waals surface area contributed by atoms with Gasteiger partial charge in [-0.3, -0.25) is 0 Å². The fourth-order valence-electron chi connectivity index (χ4n) is 4.67. The van der Waals surface area contributed by atoms with E-state index < -0.39 is 30.7 Å². The molecule has 1 aromatic heterocycles. The molecular weight excluding hydrogens is 761 g/mol. The molecule has 1 fully saturated rings. The molecule has 0 bridgehead atoms. The lowest BCUT2D eigenvalue weighted by Crippen LogP contribution is -2.29. The number of hydrogen-bond acceptors (Lipinski definition) is 8. The molecule has 278 valence electrons. The van der Waals surface area contributed by atoms with Gasteiger partial charge in [0.05, 0.1) is 5.52 Å². The van der Waals surface area contributed by atoms with Crippen LogP contribution in [0.3, 0.4) is 0 Å². The number of benzene rings is 2. The Morgan fingerprint density at radius 1 is 0.900 bits per heavy atom. The average Bonchev–Trinajstić information content (AvgIpc) is 2.99. The van der Waals surface area contributed by atoms with Gasteiger partial charge in [-0.25, -0.2) is 14.6 Å². The van der Waals surface area contributed by atoms with Crippen molar-refractivity contribution in [2.24, 2.45) is 5.92 Å². The van der Waals surface area contributed by atoms with Crippen LogP contribution in [0.1, 0.15) is 37.7 Å². The largest absolute Gasteiger partial charge is 0.573 e. The maximum atomic E-state index is 12.7. The number of carbonyl (C=O) groups is 2. The molecule has 0 saturated heterocycles. The summed E-state index contributed by atoms with van der Waals surface area (Å²) in [5.41, 5.74) is 1.41. The van der Waals surface area contributed by atoms with E-state index in [1.807, 2.05) is 43.3 Å². The summed E-state index contributed by atoms with van der Waals surface area (Å²) in [5.74, 6) is -3.54. The van der Waals surface area contributed by atoms with E-state index in [1.54, 1.807) is 12.1 Å². The predicted molar refractivity (Wildman–Crippen MR) is 168 cm³/mol. The monoisotopic (exact) mass is 793 g/mol. The smallest absolute Gasteiger partial charge is 0.475 e. The van der Waals surface area contributed by atoms with E-state index in [2.05, 4.69) is 31.3 Å². The number of carboxylic acid groups (broad SMARTS) is 2. The van der Waals surface area contributed by atoms with E-state index >= 15 is 0 Å². The second-order valence-corrected chi connectivity index (χ2v) is 11.9. The molecule has 1 aliphatic carbocycles. The van der Waals surface area contributed by atoms with E-state index in [1.165, 1.54) is 6.07 Å². The van der Waals surface area contributed by atoms with Gasteiger partial charge in [0.1, 0.15) is 11.6 Å². The summed E-state index contributed by atoms with van der Waals surface area (Å²) in [4.78, 5) is 29.3. The summed E-state index contributed by atoms with van der Waals surface area (Å²) in [7, 11) is 3.97. The Kier molecular flexibility index (Phi) is 15.4. The summed E-state index contributed by atoms with van der Waals surface area (Å²) in [6, 6.07) is 13.1. The van der Waals surface area contributed by atoms with Crippen molar-refractivity contribution in [2.75, 3.05) is 30.9 Å². The van der Waals surface area contributed by atoms with Crippen molar-refractivity contribution < 1.29 is 64.1 Å². The number of aromatic nitrogens is 2. The number of rotatable bonds is 9. The molecule has 0 atom stereocenters. The van der Waals surface area contributed by atoms with Gasteiger partial charge in [-0.05, 0) is 68.8 Å². The summed E-state index contributed by atoms with van der Waals surface area (Å²) >= 11 is 3.20. The highest BCUT2D eigenvalue weighted by atomic mass is 79.9. The predicted octanol–water partition coefficient (Wildman–Crippen LogP) is 7.77. The van der Waals surface area contributed by atoms with Gasteiger partial charge < -0.3 is 30.5 Å². The van der Waals surface area contributed by atoms with Crippen LogP contribution >= 0.6 is 15.9 Å². The van der Waals surface area contributed by atoms with Crippen LogP contribution < -0.4 is 20.3 Å². The first-order valence-corrected chi connectivity index (χ1v) is 15.4. The molecule has 4 rings (SSSR count). The van der Waals surface area contributed by atoms with Crippen LogP contribution in [0, 0.1) is 5.92 Å². The van der Waals surface area contributed by atoms with Crippen LogP contribution in [0.5, 0.6) is 5.75 Å². The SMILES string of the molecule is CN(C)c1nc(N[C@H]2CC[C@@H](CCNCc3ccc(Br)cc3OC(F)(F)F)CC2)nc2ccccc12.O=C(O)C(F)(F)F.O=C(O)C(F)(F)F. The van der Waals surface area contributed by atoms with Gasteiger partial charge in [0.25, 0.3) is 0 Å². The Labute approximate surface area is 288 Å². The Morgan fingerprint density at radius 2 is 1.46 bits per heavy atom. The maximum Gasteiger partial charge on any atom is 0.573 e. The van der Waals surface area contributed by atoms with Crippen LogP contribution in [0.4, 0.5) is 51.3 Å². The molecule has 2 aromatic carbocycles. The minimum Gasteiger partial charge on any atom is -0.475 e. The van der Waals surface area contributed by atoms with Crippen molar-refractivity contribution in [3.8, 4) is 5.75 Å². The van der Waals surface area contributed by atoms with Crippen LogP contribution in [-0.4, -0.2) is 77.5 Å². The van der Waals surface area contributed by atoms with E-state index in [-0.39, 0.29) is 5.75 Å². The van der Waals surface area contributed by atoms with Gasteiger partial charge in [-0.2, -0.15) is 31.3 Å². The first-order chi connectivity index (χ1) is 23.1. The third-order valence-corrected chi connectivity index (χ3v) is 7.46. The molecule has 1 saturated carbocycles. The third kappa shape index (κ3) is 14.8. The number of fused-ring (bicyclic) bond motifs is 1. The number of halogens is 10. The van der Waals surface area contributed by atoms with Gasteiger partial charge >= 0.3 is 30.7 Å². The minimum atomic E-state index is -5.08. The summed E-state index contributed by atoms with van der Waals surface area (Å²) in [6.45, 7) is 1.06. The molecule has 0 unspecified atom stereocenters. The van der Waals surface area contributed by atoms with Crippen molar-refractivity contribution in [1.82, 2.24) is 15.3 Å². The van der Waals surface area contributed by atoms with Crippen molar-refractivity contribution in [2.45, 2.75) is 63.4 Å². The lowest BCUT2D eigenvalue weighted by Gasteiger charge is -2.29. The minimum absolute atomic E-state index is 0.177. The molecule has 0 amide bonds. The summed E-state index contributed by atoms with van der Waals surface area (Å²) in [6.07, 6.45) is -9.64. The molecule has 3 aromatic rings. The van der Waals surface area contributed by atoms with Crippen LogP contribution in [0.15, 0.2) is 46.9 Å². The van der Waals surface area contributed by atoms with E-state index in [0.29, 0.717) is 34.5 Å². The standard InChI is InChI=1S/C26H31BrF3N5O.2C2HF3O2/c1-35(2)24-21-5-3-4-6-22(21)33-25(34-24)32-20-11-7-17(8-12-20)13-14-31-16-18-9-10-19(27)15-23(18)36-26(28,29)30;2*3-2(4,5)1(6)7/h3-6,9-10,15,17,20,31H,7-8,11-14,16H2,1-2H3,(H,32,33,34);2*(H,6,7)/t17-,20+;;. The van der Waals surface area contributed by atoms with Gasteiger partial charge in [-0.1, -0.05) is 34.1 Å². The van der Waals surface area contributed by atoms with Crippen LogP contribution in [-0.2, 0) is 16.1 Å². The van der Waals surface area contributed by atoms with Crippen molar-refractivity contribution in [3.63, 3.8) is 0 Å². The topological polar surface area (TPSA) is 137 Å². The van der Waals surface area contributed by atoms with Gasteiger partial charge in [0.15, 0.2) is 0 Å². The normalized spacial score (nSPS) is 16.3. The summed E-state index contributed by atoms with van der Waals surface area (Å²) in [5, 5.41) is 22.1. The summed E-state index contributed by atoms with van der Waals surface area (Å²) < 4.78 is 106. The second kappa shape index (κ2) is 18.2. The number of ether oxygens (including phenoxy) is 1. The van der Waals surface area contributed by atoms with E-state index in [4.69, 9.17) is 29.8 Å². The lowest BCUT2D eigenvalue weighted by atomic mass is 9.84. The Bertz CT molecular complexity index is 1540. The zero-order valence-corrected chi connectivity index (χ0v) is 28.0. The number of nitrogens with one attached hydrogen (secondary N) is 2. The second-order valence-electron chi connectivity index (χ2n) is 11.0. The molecule has 20 heteroatoms. The van der Waals surface area contributed by atoms with Crippen molar-refractivity contribution >= 4 is 50.5 Å². The number of alkyl halides is 9. The zero-order chi connectivity index (χ0) is 37.9. The van der Waals surface area contributed by atoms with E-state index in [9.17, 15) is 39.5 Å². The molecule has 10 nitrogen and oxygen atoms in total. The molecule has 0 radical (unpaired) electrons. The first kappa shape index (κ1) is 42.1. The van der Waals surface area contributed by atoms with Crippen LogP contribution in [0.25, 0.3) is 10.9 Å². The number of aliphatic carboxylic acids is 2. The third-order valence-electron chi connectivity index (χ3n) is 6.97. The highest BCUT2D eigenvalue weighted by Gasteiger charge is 2.39. The molecule has 4 N–H and O–H groups in total. The van der Waals surface area contributed by atoms with Gasteiger partial charge in [0, 0.05) is 42.1 Å². The Morgan fingerprint density at radius 3 is 1.98 bits per heavy atom. The highest BCUT2D eigenvalue weighted by Crippen LogP contribution is 2.31. The number of carboxylic acids is 2. The average molecular weight is 795 g/mol. The first-order valence-electron chi connectivity index (χ1n) is 14.6. The molecule has 0 spiro atoms. The fourth-order valence-corrected chi connectivity index (χ4v) is 5.01. The molecule has 1 aliphatic rings. The number of nitrogens with zero attached hydrogens (tertiary/aromatic N) is 3. The zero-order valence-electron chi connectivity index (χ0n) is 26.4. The Balaban J connectivity index is 0.000000521.